The highest BCUT2D eigenvalue weighted by molar-refractivity contribution is 7.92. The van der Waals surface area contributed by atoms with Gasteiger partial charge < -0.3 is 23.9 Å². The zero-order chi connectivity index (χ0) is 32.4. The van der Waals surface area contributed by atoms with Crippen molar-refractivity contribution in [3.63, 3.8) is 0 Å². The Bertz CT molecular complexity index is 1830. The molecule has 1 N–H and O–H groups in total. The molecule has 242 valence electrons. The molecule has 2 aliphatic rings. The average molecular weight is 651 g/mol. The van der Waals surface area contributed by atoms with E-state index < -0.39 is 22.2 Å². The molecule has 3 heterocycles. The number of ether oxygens (including phenoxy) is 3. The monoisotopic (exact) mass is 650 g/mol. The van der Waals surface area contributed by atoms with Crippen molar-refractivity contribution in [1.29, 1.82) is 0 Å². The molecule has 2 atom stereocenters. The number of hydrogen-bond acceptors (Lipinski definition) is 9. The Morgan fingerprint density at radius 3 is 2.39 bits per heavy atom. The molecular formula is C34H35FN2O8S. The maximum absolute atomic E-state index is 13.2. The summed E-state index contributed by atoms with van der Waals surface area (Å²) in [5.41, 5.74) is 2.16. The maximum Gasteiger partial charge on any atom is 0.306 e. The third kappa shape index (κ3) is 6.93. The highest BCUT2D eigenvalue weighted by Gasteiger charge is 2.34. The van der Waals surface area contributed by atoms with E-state index in [1.807, 2.05) is 0 Å². The van der Waals surface area contributed by atoms with Crippen molar-refractivity contribution >= 4 is 38.9 Å². The van der Waals surface area contributed by atoms with Crippen molar-refractivity contribution in [1.82, 2.24) is 5.32 Å². The molecule has 0 bridgehead atoms. The molecule has 0 spiro atoms. The zero-order valence-corrected chi connectivity index (χ0v) is 26.3. The number of fused-ring (bicyclic) bond motifs is 2. The van der Waals surface area contributed by atoms with E-state index in [0.717, 1.165) is 32.2 Å². The van der Waals surface area contributed by atoms with Crippen LogP contribution in [0.2, 0.25) is 0 Å². The van der Waals surface area contributed by atoms with Crippen LogP contribution in [0.3, 0.4) is 0 Å². The van der Waals surface area contributed by atoms with Crippen LogP contribution in [0.1, 0.15) is 48.2 Å². The number of piperidine rings is 1. The second kappa shape index (κ2) is 13.2. The summed E-state index contributed by atoms with van der Waals surface area (Å²) in [6, 6.07) is 15.9. The van der Waals surface area contributed by atoms with Gasteiger partial charge in [-0.1, -0.05) is 0 Å². The van der Waals surface area contributed by atoms with E-state index >= 15 is 0 Å². The van der Waals surface area contributed by atoms with E-state index in [9.17, 15) is 22.4 Å². The van der Waals surface area contributed by atoms with Gasteiger partial charge in [0.1, 0.15) is 41.4 Å². The number of rotatable bonds is 9. The van der Waals surface area contributed by atoms with Gasteiger partial charge in [-0.2, -0.15) is 0 Å². The van der Waals surface area contributed by atoms with Gasteiger partial charge in [0, 0.05) is 29.0 Å². The molecule has 0 unspecified atom stereocenters. The summed E-state index contributed by atoms with van der Waals surface area (Å²) in [5, 5.41) is 3.78. The highest BCUT2D eigenvalue weighted by atomic mass is 32.2. The quantitative estimate of drug-likeness (QED) is 0.172. The Morgan fingerprint density at radius 1 is 1.07 bits per heavy atom. The molecule has 12 heteroatoms. The predicted octanol–water partition coefficient (Wildman–Crippen LogP) is 6.00. The molecule has 0 aliphatic carbocycles. The van der Waals surface area contributed by atoms with Gasteiger partial charge in [-0.05, 0) is 93.4 Å². The number of sulfonamides is 1. The molecule has 4 aromatic rings. The van der Waals surface area contributed by atoms with Crippen molar-refractivity contribution in [2.75, 3.05) is 36.8 Å². The van der Waals surface area contributed by atoms with Gasteiger partial charge in [0.2, 0.25) is 10.0 Å². The van der Waals surface area contributed by atoms with Gasteiger partial charge in [0.25, 0.3) is 0 Å². The van der Waals surface area contributed by atoms with E-state index in [0.29, 0.717) is 63.3 Å². The standard InChI is InChI=1S/C34H35FN2O8S/c1-21-28-16-29-30(19-38)34(23-3-7-25(8-4-23)44-26-9-5-24(35)6-10-26)45-32(29)17-31(28)37(46(2,40)41)18-27(43-21)20-42-33(39)15-22-11-13-36-14-12-22/h3-10,16-17,19,21-22,27,36H,11-15,18,20H2,1-2H3/t21-,27-/m0/s1. The first-order chi connectivity index (χ1) is 22.1. The number of carbonyl (C=O) groups excluding carboxylic acids is 2. The number of anilines is 1. The Morgan fingerprint density at radius 2 is 1.74 bits per heavy atom. The molecule has 3 aromatic carbocycles. The minimum absolute atomic E-state index is 0.0636. The van der Waals surface area contributed by atoms with E-state index in [2.05, 4.69) is 5.32 Å². The molecule has 0 saturated carbocycles. The van der Waals surface area contributed by atoms with Crippen LogP contribution in [0.15, 0.2) is 65.1 Å². The van der Waals surface area contributed by atoms with Crippen molar-refractivity contribution in [3.05, 3.63) is 77.6 Å². The van der Waals surface area contributed by atoms with Crippen LogP contribution in [-0.4, -0.2) is 59.3 Å². The Kier molecular flexibility index (Phi) is 9.12. The van der Waals surface area contributed by atoms with E-state index in [4.69, 9.17) is 18.6 Å². The Labute approximate surface area is 266 Å². The third-order valence-corrected chi connectivity index (χ3v) is 9.52. The lowest BCUT2D eigenvalue weighted by Gasteiger charge is -2.25. The van der Waals surface area contributed by atoms with Gasteiger partial charge in [0.15, 0.2) is 6.29 Å². The largest absolute Gasteiger partial charge is 0.463 e. The van der Waals surface area contributed by atoms with Gasteiger partial charge in [-0.3, -0.25) is 13.9 Å². The summed E-state index contributed by atoms with van der Waals surface area (Å²) in [6.45, 7) is 3.39. The average Bonchev–Trinajstić information content (AvgIpc) is 3.33. The summed E-state index contributed by atoms with van der Waals surface area (Å²) < 4.78 is 64.3. The van der Waals surface area contributed by atoms with Gasteiger partial charge >= 0.3 is 5.97 Å². The van der Waals surface area contributed by atoms with Crippen LogP contribution in [-0.2, 0) is 24.3 Å². The lowest BCUT2D eigenvalue weighted by atomic mass is 9.95. The minimum atomic E-state index is -3.78. The molecule has 46 heavy (non-hydrogen) atoms. The predicted molar refractivity (Wildman–Crippen MR) is 170 cm³/mol. The molecule has 1 saturated heterocycles. The first kappa shape index (κ1) is 31.7. The molecule has 1 fully saturated rings. The van der Waals surface area contributed by atoms with Gasteiger partial charge in [-0.25, -0.2) is 12.8 Å². The van der Waals surface area contributed by atoms with Crippen LogP contribution < -0.4 is 14.4 Å². The minimum Gasteiger partial charge on any atom is -0.463 e. The molecular weight excluding hydrogens is 615 g/mol. The van der Waals surface area contributed by atoms with Crippen LogP contribution in [0.5, 0.6) is 11.5 Å². The summed E-state index contributed by atoms with van der Waals surface area (Å²) in [6.07, 6.45) is 2.65. The normalized spacial score (nSPS) is 19.0. The molecule has 6 rings (SSSR count). The summed E-state index contributed by atoms with van der Waals surface area (Å²) in [7, 11) is -3.78. The summed E-state index contributed by atoms with van der Waals surface area (Å²) >= 11 is 0. The van der Waals surface area contributed by atoms with E-state index in [1.165, 1.54) is 28.6 Å². The number of carbonyl (C=O) groups is 2. The van der Waals surface area contributed by atoms with Crippen molar-refractivity contribution < 1.29 is 41.0 Å². The number of benzene rings is 3. The number of nitrogens with zero attached hydrogens (tertiary/aromatic N) is 1. The zero-order valence-electron chi connectivity index (χ0n) is 25.5. The van der Waals surface area contributed by atoms with Crippen LogP contribution in [0, 0.1) is 11.7 Å². The first-order valence-electron chi connectivity index (χ1n) is 15.2. The molecule has 2 aliphatic heterocycles. The van der Waals surface area contributed by atoms with Crippen LogP contribution in [0.4, 0.5) is 10.1 Å². The van der Waals surface area contributed by atoms with Gasteiger partial charge in [0.05, 0.1) is 30.2 Å². The number of furan rings is 1. The number of halogens is 1. The molecule has 0 radical (unpaired) electrons. The van der Waals surface area contributed by atoms with Crippen molar-refractivity contribution in [2.24, 2.45) is 5.92 Å². The van der Waals surface area contributed by atoms with E-state index in [-0.39, 0.29) is 30.9 Å². The fourth-order valence-electron chi connectivity index (χ4n) is 6.01. The number of hydrogen-bond donors (Lipinski definition) is 1. The smallest absolute Gasteiger partial charge is 0.306 e. The number of esters is 1. The SMILES string of the molecule is C[C@@H]1O[C@H](COC(=O)CC2CCNCC2)CN(S(C)(=O)=O)c2cc3oc(-c4ccc(Oc5ccc(F)cc5)cc4)c(C=O)c3cc21. The van der Waals surface area contributed by atoms with Crippen LogP contribution >= 0.6 is 0 Å². The fraction of sp³-hybridized carbons (Fsp3) is 0.353. The third-order valence-electron chi connectivity index (χ3n) is 8.38. The second-order valence-electron chi connectivity index (χ2n) is 11.7. The highest BCUT2D eigenvalue weighted by Crippen LogP contribution is 2.42. The molecule has 10 nitrogen and oxygen atoms in total. The Hall–Kier alpha value is -4.26. The molecule has 1 aromatic heterocycles. The molecule has 0 amide bonds. The van der Waals surface area contributed by atoms with Crippen molar-refractivity contribution in [3.8, 4) is 22.8 Å². The van der Waals surface area contributed by atoms with Crippen LogP contribution in [0.25, 0.3) is 22.3 Å². The number of aldehydes is 1. The fourth-order valence-corrected chi connectivity index (χ4v) is 6.97. The lowest BCUT2D eigenvalue weighted by molar-refractivity contribution is -0.150. The first-order valence-corrected chi connectivity index (χ1v) is 17.0. The summed E-state index contributed by atoms with van der Waals surface area (Å²) in [5.74, 6) is 0.864. The number of nitrogens with one attached hydrogen (secondary N) is 1. The maximum atomic E-state index is 13.2. The second-order valence-corrected chi connectivity index (χ2v) is 13.6. The van der Waals surface area contributed by atoms with E-state index in [1.54, 1.807) is 43.3 Å². The summed E-state index contributed by atoms with van der Waals surface area (Å²) in [4.78, 5) is 25.0. The lowest BCUT2D eigenvalue weighted by Crippen LogP contribution is -2.39. The van der Waals surface area contributed by atoms with Crippen molar-refractivity contribution in [2.45, 2.75) is 38.4 Å². The Balaban J connectivity index is 1.26. The van der Waals surface area contributed by atoms with Gasteiger partial charge in [-0.15, -0.1) is 0 Å². The topological polar surface area (TPSA) is 124 Å².